The largest absolute Gasteiger partial charge is 0.492 e. The first-order chi connectivity index (χ1) is 16.4. The zero-order valence-corrected chi connectivity index (χ0v) is 21.6. The van der Waals surface area contributed by atoms with Gasteiger partial charge in [0.25, 0.3) is 0 Å². The smallest absolute Gasteiger partial charge is 0.333 e. The number of rotatable bonds is 15. The van der Waals surface area contributed by atoms with Gasteiger partial charge in [0.1, 0.15) is 12.4 Å². The highest BCUT2D eigenvalue weighted by Crippen LogP contribution is 2.16. The number of nitrogens with one attached hydrogen (secondary N) is 1. The zero-order chi connectivity index (χ0) is 24.8. The van der Waals surface area contributed by atoms with Gasteiger partial charge in [0.15, 0.2) is 6.10 Å². The van der Waals surface area contributed by atoms with E-state index in [2.05, 4.69) is 28.2 Å². The molecular weight excluding hydrogens is 500 g/mol. The summed E-state index contributed by atoms with van der Waals surface area (Å²) in [6.45, 7) is 5.77. The molecule has 2 rings (SSSR count). The monoisotopic (exact) mass is 534 g/mol. The van der Waals surface area contributed by atoms with E-state index in [-0.39, 0.29) is 6.03 Å². The number of hydrogen-bond donors (Lipinski definition) is 2. The lowest BCUT2D eigenvalue weighted by Crippen LogP contribution is -2.38. The second-order valence-corrected chi connectivity index (χ2v) is 8.88. The van der Waals surface area contributed by atoms with Gasteiger partial charge in [0.05, 0.1) is 6.54 Å². The molecule has 186 valence electrons. The molecule has 2 aromatic carbocycles. The number of nitrogens with zero attached hydrogens (tertiary/aromatic N) is 1. The van der Waals surface area contributed by atoms with E-state index in [1.54, 1.807) is 11.8 Å². The van der Waals surface area contributed by atoms with Crippen LogP contribution in [0.15, 0.2) is 53.0 Å². The SMILES string of the molecule is CCCCCCN(CCOc1ccc(CC(OCC)C(=O)O)cc1)C(=O)Nc1ccc(Br)cc1. The number of unbranched alkanes of at least 4 members (excludes halogenated alkanes) is 3. The number of urea groups is 1. The maximum Gasteiger partial charge on any atom is 0.333 e. The van der Waals surface area contributed by atoms with Gasteiger partial charge in [-0.2, -0.15) is 0 Å². The predicted molar refractivity (Wildman–Crippen MR) is 138 cm³/mol. The highest BCUT2D eigenvalue weighted by molar-refractivity contribution is 9.10. The van der Waals surface area contributed by atoms with Crippen molar-refractivity contribution in [2.75, 3.05) is 31.6 Å². The first-order valence-electron chi connectivity index (χ1n) is 11.8. The van der Waals surface area contributed by atoms with E-state index in [4.69, 9.17) is 9.47 Å². The molecule has 2 amide bonds. The van der Waals surface area contributed by atoms with Gasteiger partial charge in [-0.1, -0.05) is 54.2 Å². The molecule has 2 aromatic rings. The van der Waals surface area contributed by atoms with E-state index in [0.717, 1.165) is 41.4 Å². The minimum atomic E-state index is -0.970. The molecule has 0 aliphatic heterocycles. The normalized spacial score (nSPS) is 11.6. The quantitative estimate of drug-likeness (QED) is 0.274. The van der Waals surface area contributed by atoms with E-state index in [1.807, 2.05) is 48.5 Å². The molecule has 0 fully saturated rings. The molecule has 0 heterocycles. The third-order valence-electron chi connectivity index (χ3n) is 5.28. The summed E-state index contributed by atoms with van der Waals surface area (Å²) in [6.07, 6.45) is 3.76. The summed E-state index contributed by atoms with van der Waals surface area (Å²) in [7, 11) is 0. The molecule has 1 unspecified atom stereocenters. The molecule has 0 bridgehead atoms. The topological polar surface area (TPSA) is 88.1 Å². The van der Waals surface area contributed by atoms with Crippen LogP contribution in [0.3, 0.4) is 0 Å². The molecule has 0 radical (unpaired) electrons. The highest BCUT2D eigenvalue weighted by Gasteiger charge is 2.18. The molecule has 2 N–H and O–H groups in total. The first kappa shape index (κ1) is 27.7. The zero-order valence-electron chi connectivity index (χ0n) is 20.0. The van der Waals surface area contributed by atoms with Crippen molar-refractivity contribution in [2.24, 2.45) is 0 Å². The van der Waals surface area contributed by atoms with Crippen molar-refractivity contribution < 1.29 is 24.2 Å². The summed E-state index contributed by atoms with van der Waals surface area (Å²) < 4.78 is 12.1. The molecule has 0 aliphatic rings. The molecule has 0 spiro atoms. The Balaban J connectivity index is 1.89. The Morgan fingerprint density at radius 1 is 1.00 bits per heavy atom. The second kappa shape index (κ2) is 15.3. The van der Waals surface area contributed by atoms with Gasteiger partial charge in [-0.25, -0.2) is 9.59 Å². The Morgan fingerprint density at radius 3 is 2.32 bits per heavy atom. The average molecular weight is 535 g/mol. The Hall–Kier alpha value is -2.58. The van der Waals surface area contributed by atoms with Crippen LogP contribution < -0.4 is 10.1 Å². The lowest BCUT2D eigenvalue weighted by Gasteiger charge is -2.23. The summed E-state index contributed by atoms with van der Waals surface area (Å²) in [5.41, 5.74) is 1.61. The molecule has 34 heavy (non-hydrogen) atoms. The first-order valence-corrected chi connectivity index (χ1v) is 12.6. The molecule has 0 saturated carbocycles. The average Bonchev–Trinajstić information content (AvgIpc) is 2.82. The predicted octanol–water partition coefficient (Wildman–Crippen LogP) is 5.97. The molecule has 0 aliphatic carbocycles. The van der Waals surface area contributed by atoms with Gasteiger partial charge >= 0.3 is 12.0 Å². The van der Waals surface area contributed by atoms with Crippen molar-refractivity contribution in [2.45, 2.75) is 52.1 Å². The number of amides is 2. The van der Waals surface area contributed by atoms with E-state index >= 15 is 0 Å². The molecule has 1 atom stereocenters. The van der Waals surface area contributed by atoms with E-state index < -0.39 is 12.1 Å². The van der Waals surface area contributed by atoms with Crippen molar-refractivity contribution >= 4 is 33.6 Å². The van der Waals surface area contributed by atoms with Crippen molar-refractivity contribution in [3.63, 3.8) is 0 Å². The molecule has 7 nitrogen and oxygen atoms in total. The van der Waals surface area contributed by atoms with Gasteiger partial charge < -0.3 is 24.8 Å². The van der Waals surface area contributed by atoms with Crippen LogP contribution in [-0.2, 0) is 16.0 Å². The second-order valence-electron chi connectivity index (χ2n) is 7.96. The van der Waals surface area contributed by atoms with Crippen LogP contribution in [0, 0.1) is 0 Å². The van der Waals surface area contributed by atoms with E-state index in [9.17, 15) is 14.7 Å². The van der Waals surface area contributed by atoms with Crippen LogP contribution >= 0.6 is 15.9 Å². The summed E-state index contributed by atoms with van der Waals surface area (Å²) in [5, 5.41) is 12.2. The van der Waals surface area contributed by atoms with Crippen LogP contribution in [0.4, 0.5) is 10.5 Å². The number of benzene rings is 2. The van der Waals surface area contributed by atoms with Gasteiger partial charge in [-0.15, -0.1) is 0 Å². The van der Waals surface area contributed by atoms with Crippen LogP contribution in [-0.4, -0.2) is 54.4 Å². The summed E-state index contributed by atoms with van der Waals surface area (Å²) in [5.74, 6) is -0.297. The van der Waals surface area contributed by atoms with E-state index in [0.29, 0.717) is 38.5 Å². The van der Waals surface area contributed by atoms with Crippen molar-refractivity contribution in [3.8, 4) is 5.75 Å². The molecular formula is C26H35BrN2O5. The fourth-order valence-corrected chi connectivity index (χ4v) is 3.67. The van der Waals surface area contributed by atoms with Crippen molar-refractivity contribution in [1.82, 2.24) is 4.90 Å². The van der Waals surface area contributed by atoms with Gasteiger partial charge in [-0.05, 0) is 55.3 Å². The van der Waals surface area contributed by atoms with Gasteiger partial charge in [0, 0.05) is 29.7 Å². The summed E-state index contributed by atoms with van der Waals surface area (Å²) in [6, 6.07) is 14.7. The number of carbonyl (C=O) groups excluding carboxylic acids is 1. The van der Waals surface area contributed by atoms with Crippen molar-refractivity contribution in [3.05, 3.63) is 58.6 Å². The molecule has 0 saturated heterocycles. The Morgan fingerprint density at radius 2 is 1.71 bits per heavy atom. The van der Waals surface area contributed by atoms with Gasteiger partial charge in [0.2, 0.25) is 0 Å². The Kier molecular flexibility index (Phi) is 12.5. The van der Waals surface area contributed by atoms with Crippen LogP contribution in [0.1, 0.15) is 45.1 Å². The van der Waals surface area contributed by atoms with Crippen LogP contribution in [0.25, 0.3) is 0 Å². The molecule has 0 aromatic heterocycles. The van der Waals surface area contributed by atoms with E-state index in [1.165, 1.54) is 0 Å². The maximum absolute atomic E-state index is 12.8. The number of anilines is 1. The maximum atomic E-state index is 12.8. The number of carboxylic acids is 1. The number of hydrogen-bond acceptors (Lipinski definition) is 4. The van der Waals surface area contributed by atoms with Crippen LogP contribution in [0.5, 0.6) is 5.75 Å². The summed E-state index contributed by atoms with van der Waals surface area (Å²) in [4.78, 5) is 25.9. The Labute approximate surface area is 210 Å². The standard InChI is InChI=1S/C26H35BrN2O5/c1-3-5-6-7-16-29(26(32)28-22-12-10-21(27)11-13-22)17-18-34-23-14-8-20(9-15-23)19-24(25(30)31)33-4-2/h8-15,24H,3-7,16-19H2,1-2H3,(H,28,32)(H,30,31). The third kappa shape index (κ3) is 10.1. The van der Waals surface area contributed by atoms with Crippen LogP contribution in [0.2, 0.25) is 0 Å². The minimum absolute atomic E-state index is 0.145. The highest BCUT2D eigenvalue weighted by atomic mass is 79.9. The molecule has 8 heteroatoms. The minimum Gasteiger partial charge on any atom is -0.492 e. The number of ether oxygens (including phenoxy) is 2. The number of aliphatic carboxylic acids is 1. The lowest BCUT2D eigenvalue weighted by molar-refractivity contribution is -0.149. The number of carboxylic acid groups (broad SMARTS) is 1. The third-order valence-corrected chi connectivity index (χ3v) is 5.81. The fraction of sp³-hybridized carbons (Fsp3) is 0.462. The fourth-order valence-electron chi connectivity index (χ4n) is 3.41. The summed E-state index contributed by atoms with van der Waals surface area (Å²) >= 11 is 3.40. The number of halogens is 1. The van der Waals surface area contributed by atoms with Gasteiger partial charge in [-0.3, -0.25) is 0 Å². The lowest BCUT2D eigenvalue weighted by atomic mass is 10.1. The number of carbonyl (C=O) groups is 2. The van der Waals surface area contributed by atoms with Crippen molar-refractivity contribution in [1.29, 1.82) is 0 Å². The Bertz CT molecular complexity index is 874.